The molecule has 0 saturated carbocycles. The second kappa shape index (κ2) is 7.76. The number of ether oxygens (including phenoxy) is 1. The minimum absolute atomic E-state index is 0.391. The molecule has 0 N–H and O–H groups in total. The first-order valence-corrected chi connectivity index (χ1v) is 9.67. The number of hydrogen-bond acceptors (Lipinski definition) is 4. The molecule has 144 valence electrons. The fraction of sp³-hybridized carbons (Fsp3) is 0.208. The van der Waals surface area contributed by atoms with E-state index in [-0.39, 0.29) is 0 Å². The Morgan fingerprint density at radius 1 is 1.00 bits per heavy atom. The number of aromatic nitrogens is 3. The fourth-order valence-corrected chi connectivity index (χ4v) is 3.43. The molecule has 0 fully saturated rings. The van der Waals surface area contributed by atoms with E-state index < -0.39 is 0 Å². The molecule has 0 bridgehead atoms. The molecular weight excluding hydrogens is 360 g/mol. The first-order valence-electron chi connectivity index (χ1n) is 9.67. The first kappa shape index (κ1) is 18.7. The third-order valence-corrected chi connectivity index (χ3v) is 5.05. The summed E-state index contributed by atoms with van der Waals surface area (Å²) in [7, 11) is 0. The average molecular weight is 382 g/mol. The van der Waals surface area contributed by atoms with Gasteiger partial charge in [-0.2, -0.15) is 15.3 Å². The molecule has 0 aliphatic rings. The van der Waals surface area contributed by atoms with Crippen molar-refractivity contribution in [3.63, 3.8) is 0 Å². The zero-order valence-electron chi connectivity index (χ0n) is 16.8. The molecule has 0 atom stereocenters. The van der Waals surface area contributed by atoms with E-state index in [9.17, 15) is 0 Å². The molecule has 0 radical (unpaired) electrons. The van der Waals surface area contributed by atoms with Crippen LogP contribution in [0.1, 0.15) is 34.9 Å². The highest BCUT2D eigenvalue weighted by Gasteiger charge is 2.15. The lowest BCUT2D eigenvalue weighted by molar-refractivity contribution is 0.294. The molecule has 5 nitrogen and oxygen atoms in total. The Kier molecular flexibility index (Phi) is 5.01. The van der Waals surface area contributed by atoms with Crippen LogP contribution in [0.5, 0.6) is 5.88 Å². The Morgan fingerprint density at radius 2 is 1.69 bits per heavy atom. The topological polar surface area (TPSA) is 63.7 Å². The normalized spacial score (nSPS) is 10.8. The number of hydrogen-bond donors (Lipinski definition) is 0. The van der Waals surface area contributed by atoms with Crippen molar-refractivity contribution in [2.75, 3.05) is 0 Å². The van der Waals surface area contributed by atoms with Crippen molar-refractivity contribution in [3.05, 3.63) is 82.5 Å². The molecule has 0 unspecified atom stereocenters. The van der Waals surface area contributed by atoms with Crippen molar-refractivity contribution in [2.45, 2.75) is 33.8 Å². The number of nitriles is 1. The van der Waals surface area contributed by atoms with E-state index in [1.54, 1.807) is 12.1 Å². The van der Waals surface area contributed by atoms with Crippen LogP contribution in [0.4, 0.5) is 0 Å². The van der Waals surface area contributed by atoms with E-state index >= 15 is 0 Å². The predicted octanol–water partition coefficient (Wildman–Crippen LogP) is 5.05. The van der Waals surface area contributed by atoms with Crippen LogP contribution < -0.4 is 4.74 Å². The molecule has 29 heavy (non-hydrogen) atoms. The lowest BCUT2D eigenvalue weighted by atomic mass is 10.1. The second-order valence-electron chi connectivity index (χ2n) is 7.09. The molecule has 2 heterocycles. The van der Waals surface area contributed by atoms with Crippen LogP contribution in [0.25, 0.3) is 16.7 Å². The van der Waals surface area contributed by atoms with Crippen LogP contribution in [0.2, 0.25) is 0 Å². The molecule has 0 saturated heterocycles. The van der Waals surface area contributed by atoms with Gasteiger partial charge in [0.1, 0.15) is 6.61 Å². The van der Waals surface area contributed by atoms with Crippen molar-refractivity contribution in [2.24, 2.45) is 0 Å². The summed E-state index contributed by atoms with van der Waals surface area (Å²) in [5, 5.41) is 14.7. The van der Waals surface area contributed by atoms with Gasteiger partial charge in [-0.05, 0) is 61.2 Å². The molecule has 0 aliphatic carbocycles. The van der Waals surface area contributed by atoms with Gasteiger partial charge >= 0.3 is 0 Å². The maximum absolute atomic E-state index is 8.92. The lowest BCUT2D eigenvalue weighted by Gasteiger charge is -2.09. The number of rotatable bonds is 5. The molecular formula is C24H22N4O. The van der Waals surface area contributed by atoms with E-state index in [1.165, 1.54) is 5.56 Å². The van der Waals surface area contributed by atoms with Crippen LogP contribution in [-0.4, -0.2) is 14.8 Å². The third kappa shape index (κ3) is 3.70. The van der Waals surface area contributed by atoms with Gasteiger partial charge in [0, 0.05) is 11.5 Å². The van der Waals surface area contributed by atoms with E-state index in [4.69, 9.17) is 20.1 Å². The first-order chi connectivity index (χ1) is 14.1. The molecule has 4 aromatic rings. The second-order valence-corrected chi connectivity index (χ2v) is 7.09. The maximum Gasteiger partial charge on any atom is 0.215 e. The van der Waals surface area contributed by atoms with Crippen LogP contribution in [-0.2, 0) is 13.0 Å². The monoisotopic (exact) mass is 382 g/mol. The highest BCUT2D eigenvalue weighted by Crippen LogP contribution is 2.27. The Balaban J connectivity index is 1.68. The Hall–Kier alpha value is -3.65. The van der Waals surface area contributed by atoms with E-state index in [0.29, 0.717) is 18.1 Å². The Labute approximate surface area is 170 Å². The predicted molar refractivity (Wildman–Crippen MR) is 113 cm³/mol. The third-order valence-electron chi connectivity index (χ3n) is 5.05. The van der Waals surface area contributed by atoms with Gasteiger partial charge in [-0.25, -0.2) is 4.68 Å². The van der Waals surface area contributed by atoms with Gasteiger partial charge in [0.15, 0.2) is 5.65 Å². The van der Waals surface area contributed by atoms with E-state index in [0.717, 1.165) is 40.0 Å². The van der Waals surface area contributed by atoms with E-state index in [1.807, 2.05) is 29.8 Å². The SMILES string of the molecule is CCc1ccc(-n2nc(C)c3c(C)cc(OCc4ccc(C#N)cc4)nc32)cc1. The number of benzene rings is 2. The number of nitrogens with zero attached hydrogens (tertiary/aromatic N) is 4. The highest BCUT2D eigenvalue weighted by atomic mass is 16.5. The number of pyridine rings is 1. The summed E-state index contributed by atoms with van der Waals surface area (Å²) >= 11 is 0. The molecule has 5 heteroatoms. The number of fused-ring (bicyclic) bond motifs is 1. The van der Waals surface area contributed by atoms with E-state index in [2.05, 4.69) is 44.2 Å². The van der Waals surface area contributed by atoms with Crippen LogP contribution in [0.15, 0.2) is 54.6 Å². The summed E-state index contributed by atoms with van der Waals surface area (Å²) in [6.45, 7) is 6.59. The van der Waals surface area contributed by atoms with Gasteiger partial charge < -0.3 is 4.74 Å². The average Bonchev–Trinajstić information content (AvgIpc) is 3.09. The summed E-state index contributed by atoms with van der Waals surface area (Å²) in [6, 6.07) is 19.8. The summed E-state index contributed by atoms with van der Waals surface area (Å²) in [5.41, 5.74) is 6.72. The van der Waals surface area contributed by atoms with Gasteiger partial charge in [-0.15, -0.1) is 0 Å². The van der Waals surface area contributed by atoms with Crippen molar-refractivity contribution in [1.29, 1.82) is 5.26 Å². The highest BCUT2D eigenvalue weighted by molar-refractivity contribution is 5.84. The number of aryl methyl sites for hydroxylation is 3. The largest absolute Gasteiger partial charge is 0.473 e. The summed E-state index contributed by atoms with van der Waals surface area (Å²) < 4.78 is 7.84. The van der Waals surface area contributed by atoms with Crippen molar-refractivity contribution < 1.29 is 4.74 Å². The van der Waals surface area contributed by atoms with Gasteiger partial charge in [-0.1, -0.05) is 31.2 Å². The van der Waals surface area contributed by atoms with Gasteiger partial charge in [0.05, 0.1) is 23.0 Å². The maximum atomic E-state index is 8.92. The molecule has 0 aliphatic heterocycles. The Morgan fingerprint density at radius 3 is 2.34 bits per heavy atom. The quantitative estimate of drug-likeness (QED) is 0.484. The lowest BCUT2D eigenvalue weighted by Crippen LogP contribution is -2.01. The van der Waals surface area contributed by atoms with Gasteiger partial charge in [0.2, 0.25) is 5.88 Å². The van der Waals surface area contributed by atoms with Gasteiger partial charge in [-0.3, -0.25) is 0 Å². The standard InChI is InChI=1S/C24H22N4O/c1-4-18-9-11-21(12-10-18)28-24-23(17(3)27-28)16(2)13-22(26-24)29-15-20-7-5-19(14-25)6-8-20/h5-13H,4,15H2,1-3H3. The van der Waals surface area contributed by atoms with Crippen LogP contribution >= 0.6 is 0 Å². The summed E-state index contributed by atoms with van der Waals surface area (Å²) in [5.74, 6) is 0.561. The molecule has 0 amide bonds. The summed E-state index contributed by atoms with van der Waals surface area (Å²) in [6.07, 6.45) is 1.00. The van der Waals surface area contributed by atoms with Crippen molar-refractivity contribution in [3.8, 4) is 17.6 Å². The molecule has 0 spiro atoms. The fourth-order valence-electron chi connectivity index (χ4n) is 3.43. The summed E-state index contributed by atoms with van der Waals surface area (Å²) in [4.78, 5) is 4.75. The minimum atomic E-state index is 0.391. The van der Waals surface area contributed by atoms with Crippen LogP contribution in [0, 0.1) is 25.2 Å². The Bertz CT molecular complexity index is 1200. The van der Waals surface area contributed by atoms with Gasteiger partial charge in [0.25, 0.3) is 0 Å². The molecule has 4 rings (SSSR count). The molecule has 2 aromatic heterocycles. The molecule has 2 aromatic carbocycles. The van der Waals surface area contributed by atoms with Crippen molar-refractivity contribution in [1.82, 2.24) is 14.8 Å². The van der Waals surface area contributed by atoms with Crippen molar-refractivity contribution >= 4 is 11.0 Å². The van der Waals surface area contributed by atoms with Crippen LogP contribution in [0.3, 0.4) is 0 Å². The smallest absolute Gasteiger partial charge is 0.215 e. The zero-order chi connectivity index (χ0) is 20.4. The zero-order valence-corrected chi connectivity index (χ0v) is 16.8. The minimum Gasteiger partial charge on any atom is -0.473 e.